The van der Waals surface area contributed by atoms with E-state index in [0.29, 0.717) is 5.28 Å². The monoisotopic (exact) mass is 203 g/mol. The molecule has 1 atom stereocenters. The van der Waals surface area contributed by atoms with Gasteiger partial charge in [0, 0.05) is 19.8 Å². The van der Waals surface area contributed by atoms with E-state index in [-0.39, 0.29) is 6.04 Å². The first-order chi connectivity index (χ1) is 6.16. The van der Waals surface area contributed by atoms with E-state index < -0.39 is 0 Å². The van der Waals surface area contributed by atoms with Crippen LogP contribution in [0.2, 0.25) is 5.28 Å². The van der Waals surface area contributed by atoms with E-state index in [9.17, 15) is 0 Å². The summed E-state index contributed by atoms with van der Waals surface area (Å²) in [7, 11) is 1.69. The average molecular weight is 204 g/mol. The molecule has 0 fully saturated rings. The van der Waals surface area contributed by atoms with Crippen molar-refractivity contribution in [3.8, 4) is 0 Å². The quantitative estimate of drug-likeness (QED) is 0.750. The molecule has 1 rings (SSSR count). The Morgan fingerprint density at radius 1 is 1.54 bits per heavy atom. The minimum Gasteiger partial charge on any atom is -0.385 e. The van der Waals surface area contributed by atoms with Crippen LogP contribution in [0.25, 0.3) is 0 Å². The third-order valence-electron chi connectivity index (χ3n) is 2.01. The minimum atomic E-state index is 0.280. The summed E-state index contributed by atoms with van der Waals surface area (Å²) in [5.41, 5.74) is 0. The molecule has 0 aliphatic carbocycles. The van der Waals surface area contributed by atoms with Gasteiger partial charge in [-0.15, -0.1) is 10.2 Å². The summed E-state index contributed by atoms with van der Waals surface area (Å²) in [5, 5.41) is 8.11. The molecule has 1 aromatic heterocycles. The fraction of sp³-hybridized carbons (Fsp3) is 0.750. The second-order valence-corrected chi connectivity index (χ2v) is 3.35. The maximum atomic E-state index is 5.87. The van der Waals surface area contributed by atoms with Crippen LogP contribution in [0.1, 0.15) is 25.2 Å². The predicted octanol–water partition coefficient (Wildman–Crippen LogP) is 1.84. The fourth-order valence-corrected chi connectivity index (χ4v) is 1.59. The zero-order chi connectivity index (χ0) is 9.84. The molecule has 0 saturated heterocycles. The zero-order valence-corrected chi connectivity index (χ0v) is 8.88. The van der Waals surface area contributed by atoms with E-state index in [4.69, 9.17) is 16.3 Å². The van der Waals surface area contributed by atoms with Gasteiger partial charge in [0.05, 0.1) is 0 Å². The largest absolute Gasteiger partial charge is 0.385 e. The molecule has 0 bridgehead atoms. The number of aryl methyl sites for hydroxylation is 1. The summed E-state index contributed by atoms with van der Waals surface area (Å²) in [6.07, 6.45) is 0.912. The third kappa shape index (κ3) is 2.42. The Morgan fingerprint density at radius 3 is 2.69 bits per heavy atom. The predicted molar refractivity (Wildman–Crippen MR) is 51.0 cm³/mol. The van der Waals surface area contributed by atoms with Crippen molar-refractivity contribution in [1.29, 1.82) is 0 Å². The Kier molecular flexibility index (Phi) is 3.69. The van der Waals surface area contributed by atoms with Crippen LogP contribution >= 0.6 is 11.6 Å². The van der Waals surface area contributed by atoms with Crippen LogP contribution in [-0.4, -0.2) is 28.5 Å². The molecule has 0 aliphatic rings. The molecule has 0 aliphatic heterocycles. The highest BCUT2D eigenvalue weighted by Gasteiger charge is 2.12. The number of aromatic nitrogens is 3. The van der Waals surface area contributed by atoms with Crippen LogP contribution in [0.5, 0.6) is 0 Å². The van der Waals surface area contributed by atoms with E-state index in [1.54, 1.807) is 7.11 Å². The third-order valence-corrected chi connectivity index (χ3v) is 2.26. The summed E-state index contributed by atoms with van der Waals surface area (Å²) in [5.74, 6) is 0.841. The van der Waals surface area contributed by atoms with Gasteiger partial charge >= 0.3 is 0 Å². The van der Waals surface area contributed by atoms with Crippen LogP contribution < -0.4 is 0 Å². The lowest BCUT2D eigenvalue weighted by Gasteiger charge is -2.14. The molecular weight excluding hydrogens is 190 g/mol. The van der Waals surface area contributed by atoms with Crippen LogP contribution in [0.15, 0.2) is 0 Å². The fourth-order valence-electron chi connectivity index (χ4n) is 1.26. The lowest BCUT2D eigenvalue weighted by molar-refractivity contribution is 0.180. The molecule has 0 amide bonds. The van der Waals surface area contributed by atoms with Crippen LogP contribution in [0.4, 0.5) is 0 Å². The Morgan fingerprint density at radius 2 is 2.23 bits per heavy atom. The molecule has 5 heteroatoms. The Hall–Kier alpha value is -0.610. The smallest absolute Gasteiger partial charge is 0.225 e. The lowest BCUT2D eigenvalue weighted by Crippen LogP contribution is -2.09. The lowest BCUT2D eigenvalue weighted by atomic mass is 10.2. The Labute approximate surface area is 82.9 Å². The van der Waals surface area contributed by atoms with Gasteiger partial charge in [0.25, 0.3) is 0 Å². The van der Waals surface area contributed by atoms with Crippen molar-refractivity contribution in [2.24, 2.45) is 0 Å². The van der Waals surface area contributed by atoms with Gasteiger partial charge in [-0.05, 0) is 31.9 Å². The van der Waals surface area contributed by atoms with Crippen LogP contribution in [0.3, 0.4) is 0 Å². The first kappa shape index (κ1) is 10.5. The van der Waals surface area contributed by atoms with Gasteiger partial charge in [-0.1, -0.05) is 0 Å². The van der Waals surface area contributed by atoms with Gasteiger partial charge in [-0.3, -0.25) is 4.57 Å². The van der Waals surface area contributed by atoms with Gasteiger partial charge in [0.2, 0.25) is 5.28 Å². The summed E-state index contributed by atoms with van der Waals surface area (Å²) in [6, 6.07) is 0.280. The topological polar surface area (TPSA) is 39.9 Å². The first-order valence-corrected chi connectivity index (χ1v) is 4.60. The highest BCUT2D eigenvalue weighted by molar-refractivity contribution is 6.28. The van der Waals surface area contributed by atoms with Gasteiger partial charge in [0.15, 0.2) is 0 Å². The number of rotatable bonds is 4. The summed E-state index contributed by atoms with van der Waals surface area (Å²) in [6.45, 7) is 4.68. The van der Waals surface area contributed by atoms with Gasteiger partial charge in [-0.2, -0.15) is 0 Å². The highest BCUT2D eigenvalue weighted by Crippen LogP contribution is 2.18. The maximum absolute atomic E-state index is 5.87. The molecular formula is C8H14ClN3O. The number of methoxy groups -OCH3 is 1. The van der Waals surface area contributed by atoms with Crippen molar-refractivity contribution in [3.05, 3.63) is 11.1 Å². The molecule has 1 unspecified atom stereocenters. The standard InChI is InChI=1S/C8H14ClN3O/c1-6(4-5-13-3)12-7(2)10-11-8(12)9/h6H,4-5H2,1-3H3. The molecule has 1 heterocycles. The number of ether oxygens (including phenoxy) is 1. The van der Waals surface area contributed by atoms with E-state index in [1.807, 2.05) is 11.5 Å². The second kappa shape index (κ2) is 4.58. The Balaban J connectivity index is 2.69. The number of nitrogens with zero attached hydrogens (tertiary/aromatic N) is 3. The number of hydrogen-bond donors (Lipinski definition) is 0. The van der Waals surface area contributed by atoms with Gasteiger partial charge < -0.3 is 4.74 Å². The molecule has 0 N–H and O–H groups in total. The number of halogens is 1. The first-order valence-electron chi connectivity index (χ1n) is 4.22. The van der Waals surface area contributed by atoms with E-state index in [0.717, 1.165) is 18.9 Å². The number of hydrogen-bond acceptors (Lipinski definition) is 3. The molecule has 0 saturated carbocycles. The van der Waals surface area contributed by atoms with Crippen molar-refractivity contribution in [2.75, 3.05) is 13.7 Å². The SMILES string of the molecule is COCCC(C)n1c(C)nnc1Cl. The normalized spacial score (nSPS) is 13.2. The zero-order valence-electron chi connectivity index (χ0n) is 8.12. The molecule has 1 aromatic rings. The van der Waals surface area contributed by atoms with Crippen LogP contribution in [0, 0.1) is 6.92 Å². The summed E-state index contributed by atoms with van der Waals surface area (Å²) >= 11 is 5.87. The summed E-state index contributed by atoms with van der Waals surface area (Å²) in [4.78, 5) is 0. The van der Waals surface area contributed by atoms with Gasteiger partial charge in [0.1, 0.15) is 5.82 Å². The van der Waals surface area contributed by atoms with Crippen molar-refractivity contribution >= 4 is 11.6 Å². The van der Waals surface area contributed by atoms with E-state index in [2.05, 4.69) is 17.1 Å². The summed E-state index contributed by atoms with van der Waals surface area (Å²) < 4.78 is 6.90. The van der Waals surface area contributed by atoms with E-state index >= 15 is 0 Å². The van der Waals surface area contributed by atoms with Crippen molar-refractivity contribution in [1.82, 2.24) is 14.8 Å². The van der Waals surface area contributed by atoms with Crippen molar-refractivity contribution in [3.63, 3.8) is 0 Å². The maximum Gasteiger partial charge on any atom is 0.225 e. The molecule has 0 aromatic carbocycles. The van der Waals surface area contributed by atoms with E-state index in [1.165, 1.54) is 0 Å². The van der Waals surface area contributed by atoms with Gasteiger partial charge in [-0.25, -0.2) is 0 Å². The molecule has 4 nitrogen and oxygen atoms in total. The Bertz CT molecular complexity index is 255. The van der Waals surface area contributed by atoms with Crippen molar-refractivity contribution < 1.29 is 4.74 Å². The molecule has 13 heavy (non-hydrogen) atoms. The average Bonchev–Trinajstić information content (AvgIpc) is 2.42. The minimum absolute atomic E-state index is 0.280. The molecule has 74 valence electrons. The molecule has 0 radical (unpaired) electrons. The van der Waals surface area contributed by atoms with Crippen LogP contribution in [-0.2, 0) is 4.74 Å². The highest BCUT2D eigenvalue weighted by atomic mass is 35.5. The molecule has 0 spiro atoms. The second-order valence-electron chi connectivity index (χ2n) is 3.02. The van der Waals surface area contributed by atoms with Crippen molar-refractivity contribution in [2.45, 2.75) is 26.3 Å².